The normalized spacial score (nSPS) is 17.1. The molecule has 1 aromatic carbocycles. The molecule has 1 aliphatic rings. The predicted molar refractivity (Wildman–Crippen MR) is 95.3 cm³/mol. The zero-order valence-corrected chi connectivity index (χ0v) is 14.7. The second-order valence-electron chi connectivity index (χ2n) is 5.96. The standard InChI is InChI=1S/C17H20ClN5O2/c1-25-7-6-23-11-12(8-16(23)24)9-19-17-21-15(10-20-22-17)13-2-4-14(18)5-3-13/h2-5,10,12H,6-9,11H2,1H3,(H,19,21,22)/t12-/m0/s1. The molecule has 7 nitrogen and oxygen atoms in total. The van der Waals surface area contributed by atoms with E-state index < -0.39 is 0 Å². The molecule has 2 aromatic rings. The zero-order chi connectivity index (χ0) is 17.6. The predicted octanol–water partition coefficient (Wildman–Crippen LogP) is 2.10. The molecule has 1 aromatic heterocycles. The van der Waals surface area contributed by atoms with Crippen molar-refractivity contribution in [3.05, 3.63) is 35.5 Å². The fourth-order valence-electron chi connectivity index (χ4n) is 2.78. The zero-order valence-electron chi connectivity index (χ0n) is 14.0. The summed E-state index contributed by atoms with van der Waals surface area (Å²) in [6.07, 6.45) is 2.14. The molecule has 25 heavy (non-hydrogen) atoms. The van der Waals surface area contributed by atoms with Crippen LogP contribution in [0.2, 0.25) is 5.02 Å². The van der Waals surface area contributed by atoms with E-state index in [-0.39, 0.29) is 11.8 Å². The number of amides is 1. The van der Waals surface area contributed by atoms with Gasteiger partial charge in [0.05, 0.1) is 18.5 Å². The average Bonchev–Trinajstić information content (AvgIpc) is 2.99. The second kappa shape index (κ2) is 8.22. The quantitative estimate of drug-likeness (QED) is 0.813. The van der Waals surface area contributed by atoms with Gasteiger partial charge in [0, 0.05) is 49.7 Å². The number of methoxy groups -OCH3 is 1. The minimum Gasteiger partial charge on any atom is -0.383 e. The van der Waals surface area contributed by atoms with Crippen LogP contribution in [0.25, 0.3) is 11.3 Å². The van der Waals surface area contributed by atoms with Gasteiger partial charge in [0.2, 0.25) is 11.9 Å². The number of rotatable bonds is 7. The van der Waals surface area contributed by atoms with E-state index in [0.29, 0.717) is 37.1 Å². The highest BCUT2D eigenvalue weighted by atomic mass is 35.5. The van der Waals surface area contributed by atoms with E-state index in [0.717, 1.165) is 17.8 Å². The van der Waals surface area contributed by atoms with Gasteiger partial charge in [-0.05, 0) is 12.1 Å². The van der Waals surface area contributed by atoms with E-state index in [1.54, 1.807) is 13.3 Å². The summed E-state index contributed by atoms with van der Waals surface area (Å²) in [5.74, 6) is 0.847. The van der Waals surface area contributed by atoms with Crippen molar-refractivity contribution in [1.82, 2.24) is 20.1 Å². The maximum Gasteiger partial charge on any atom is 0.243 e. The van der Waals surface area contributed by atoms with Crippen molar-refractivity contribution in [1.29, 1.82) is 0 Å². The summed E-state index contributed by atoms with van der Waals surface area (Å²) in [6, 6.07) is 7.40. The van der Waals surface area contributed by atoms with Crippen LogP contribution in [0.4, 0.5) is 5.95 Å². The fraction of sp³-hybridized carbons (Fsp3) is 0.412. The van der Waals surface area contributed by atoms with Crippen LogP contribution in [0.3, 0.4) is 0 Å². The Hall–Kier alpha value is -2.25. The number of benzene rings is 1. The first-order chi connectivity index (χ1) is 12.2. The molecule has 0 spiro atoms. The maximum absolute atomic E-state index is 12.0. The molecular formula is C17H20ClN5O2. The number of carbonyl (C=O) groups is 1. The summed E-state index contributed by atoms with van der Waals surface area (Å²) < 4.78 is 5.03. The number of ether oxygens (including phenoxy) is 1. The van der Waals surface area contributed by atoms with Crippen LogP contribution in [0.1, 0.15) is 6.42 Å². The van der Waals surface area contributed by atoms with E-state index in [9.17, 15) is 4.79 Å². The topological polar surface area (TPSA) is 80.2 Å². The van der Waals surface area contributed by atoms with E-state index in [1.807, 2.05) is 29.2 Å². The Kier molecular flexibility index (Phi) is 5.78. The molecule has 1 amide bonds. The molecule has 8 heteroatoms. The summed E-state index contributed by atoms with van der Waals surface area (Å²) in [4.78, 5) is 18.3. The van der Waals surface area contributed by atoms with E-state index in [1.165, 1.54) is 0 Å². The lowest BCUT2D eigenvalue weighted by molar-refractivity contribution is -0.128. The smallest absolute Gasteiger partial charge is 0.243 e. The summed E-state index contributed by atoms with van der Waals surface area (Å²) in [5, 5.41) is 11.9. The fourth-order valence-corrected chi connectivity index (χ4v) is 2.91. The first-order valence-electron chi connectivity index (χ1n) is 8.12. The Morgan fingerprint density at radius 1 is 1.36 bits per heavy atom. The number of nitrogens with one attached hydrogen (secondary N) is 1. The summed E-state index contributed by atoms with van der Waals surface area (Å²) in [6.45, 7) is 2.54. The average molecular weight is 362 g/mol. The third-order valence-corrected chi connectivity index (χ3v) is 4.36. The minimum absolute atomic E-state index is 0.165. The molecule has 1 aliphatic heterocycles. The first-order valence-corrected chi connectivity index (χ1v) is 8.49. The Balaban J connectivity index is 1.58. The lowest BCUT2D eigenvalue weighted by atomic mass is 10.1. The lowest BCUT2D eigenvalue weighted by Crippen LogP contribution is -2.29. The van der Waals surface area contributed by atoms with Crippen molar-refractivity contribution in [2.24, 2.45) is 5.92 Å². The Morgan fingerprint density at radius 2 is 2.16 bits per heavy atom. The van der Waals surface area contributed by atoms with Gasteiger partial charge in [-0.1, -0.05) is 23.7 Å². The van der Waals surface area contributed by atoms with Crippen LogP contribution in [-0.2, 0) is 9.53 Å². The highest BCUT2D eigenvalue weighted by Crippen LogP contribution is 2.20. The molecule has 0 unspecified atom stereocenters. The van der Waals surface area contributed by atoms with Crippen molar-refractivity contribution in [2.75, 3.05) is 38.7 Å². The third-order valence-electron chi connectivity index (χ3n) is 4.11. The molecule has 1 saturated heterocycles. The minimum atomic E-state index is 0.165. The van der Waals surface area contributed by atoms with Crippen molar-refractivity contribution >= 4 is 23.5 Å². The second-order valence-corrected chi connectivity index (χ2v) is 6.39. The number of hydrogen-bond acceptors (Lipinski definition) is 6. The van der Waals surface area contributed by atoms with E-state index in [2.05, 4.69) is 20.5 Å². The molecule has 0 aliphatic carbocycles. The van der Waals surface area contributed by atoms with Crippen LogP contribution in [0.15, 0.2) is 30.5 Å². The van der Waals surface area contributed by atoms with Crippen LogP contribution in [0.5, 0.6) is 0 Å². The third kappa shape index (κ3) is 4.64. The lowest BCUT2D eigenvalue weighted by Gasteiger charge is -2.16. The summed E-state index contributed by atoms with van der Waals surface area (Å²) in [5.41, 5.74) is 1.64. The molecule has 2 heterocycles. The van der Waals surface area contributed by atoms with E-state index >= 15 is 0 Å². The number of anilines is 1. The Bertz CT molecular complexity index is 725. The maximum atomic E-state index is 12.0. The molecule has 132 valence electrons. The van der Waals surface area contributed by atoms with Gasteiger partial charge in [-0.25, -0.2) is 4.98 Å². The molecular weight excluding hydrogens is 342 g/mol. The molecule has 1 N–H and O–H groups in total. The van der Waals surface area contributed by atoms with Gasteiger partial charge in [-0.2, -0.15) is 5.10 Å². The number of aromatic nitrogens is 3. The van der Waals surface area contributed by atoms with Gasteiger partial charge in [0.15, 0.2) is 0 Å². The van der Waals surface area contributed by atoms with Crippen LogP contribution >= 0.6 is 11.6 Å². The summed E-state index contributed by atoms with van der Waals surface area (Å²) in [7, 11) is 1.64. The number of halogens is 1. The number of likely N-dealkylation sites (tertiary alicyclic amines) is 1. The van der Waals surface area contributed by atoms with Crippen LogP contribution in [0, 0.1) is 5.92 Å². The van der Waals surface area contributed by atoms with Crippen LogP contribution < -0.4 is 5.32 Å². The molecule has 3 rings (SSSR count). The van der Waals surface area contributed by atoms with Crippen molar-refractivity contribution in [2.45, 2.75) is 6.42 Å². The van der Waals surface area contributed by atoms with Gasteiger partial charge in [0.25, 0.3) is 0 Å². The number of carbonyl (C=O) groups excluding carboxylic acids is 1. The van der Waals surface area contributed by atoms with Gasteiger partial charge in [-0.15, -0.1) is 5.10 Å². The van der Waals surface area contributed by atoms with Gasteiger partial charge in [0.1, 0.15) is 0 Å². The van der Waals surface area contributed by atoms with Gasteiger partial charge in [-0.3, -0.25) is 4.79 Å². The van der Waals surface area contributed by atoms with Crippen molar-refractivity contribution < 1.29 is 9.53 Å². The van der Waals surface area contributed by atoms with Crippen molar-refractivity contribution in [3.63, 3.8) is 0 Å². The van der Waals surface area contributed by atoms with E-state index in [4.69, 9.17) is 16.3 Å². The van der Waals surface area contributed by atoms with Crippen molar-refractivity contribution in [3.8, 4) is 11.3 Å². The molecule has 1 fully saturated rings. The Morgan fingerprint density at radius 3 is 2.92 bits per heavy atom. The van der Waals surface area contributed by atoms with Gasteiger partial charge >= 0.3 is 0 Å². The largest absolute Gasteiger partial charge is 0.383 e. The first kappa shape index (κ1) is 17.6. The Labute approximate surface area is 151 Å². The SMILES string of the molecule is COCCN1C[C@H](CNc2nncc(-c3ccc(Cl)cc3)n2)CC1=O. The summed E-state index contributed by atoms with van der Waals surface area (Å²) >= 11 is 5.91. The molecule has 0 radical (unpaired) electrons. The number of hydrogen-bond donors (Lipinski definition) is 1. The number of nitrogens with zero attached hydrogens (tertiary/aromatic N) is 4. The molecule has 1 atom stereocenters. The molecule has 0 saturated carbocycles. The van der Waals surface area contributed by atoms with Crippen LogP contribution in [-0.4, -0.2) is 59.3 Å². The molecule has 0 bridgehead atoms. The monoisotopic (exact) mass is 361 g/mol. The highest BCUT2D eigenvalue weighted by Gasteiger charge is 2.29. The van der Waals surface area contributed by atoms with Gasteiger partial charge < -0.3 is 15.0 Å². The highest BCUT2D eigenvalue weighted by molar-refractivity contribution is 6.30.